The summed E-state index contributed by atoms with van der Waals surface area (Å²) in [7, 11) is -3.12. The average Bonchev–Trinajstić information content (AvgIpc) is 3.57. The number of rotatable bonds is 8. The van der Waals surface area contributed by atoms with Gasteiger partial charge < -0.3 is 15.2 Å². The maximum Gasteiger partial charge on any atom is 0.219 e. The fourth-order valence-corrected chi connectivity index (χ4v) is 7.39. The second-order valence-electron chi connectivity index (χ2n) is 10.5. The number of nitrogens with one attached hydrogen (secondary N) is 2. The molecule has 0 radical (unpaired) electrons. The zero-order chi connectivity index (χ0) is 25.3. The minimum Gasteiger partial charge on any atom is -0.381 e. The van der Waals surface area contributed by atoms with Crippen molar-refractivity contribution < 1.29 is 13.2 Å². The molecule has 1 saturated carbocycles. The van der Waals surface area contributed by atoms with E-state index in [9.17, 15) is 13.2 Å². The van der Waals surface area contributed by atoms with Gasteiger partial charge in [-0.25, -0.2) is 8.42 Å². The van der Waals surface area contributed by atoms with E-state index >= 15 is 0 Å². The predicted octanol–water partition coefficient (Wildman–Crippen LogP) is 3.48. The van der Waals surface area contributed by atoms with E-state index in [0.29, 0.717) is 12.1 Å². The number of piperazine rings is 1. The summed E-state index contributed by atoms with van der Waals surface area (Å²) in [5, 5.41) is 5.75. The highest BCUT2D eigenvalue weighted by molar-refractivity contribution is 8.14. The van der Waals surface area contributed by atoms with Crippen LogP contribution in [0.1, 0.15) is 50.3 Å². The summed E-state index contributed by atoms with van der Waals surface area (Å²) < 4.78 is 24.0. The zero-order valence-corrected chi connectivity index (χ0v) is 22.9. The van der Waals surface area contributed by atoms with Gasteiger partial charge in [-0.2, -0.15) is 0 Å². The molecule has 196 valence electrons. The van der Waals surface area contributed by atoms with E-state index in [0.717, 1.165) is 90.6 Å². The summed E-state index contributed by atoms with van der Waals surface area (Å²) >= 11 is 1.79. The number of carbonyl (C=O) groups excluding carboxylic acids is 1. The van der Waals surface area contributed by atoms with E-state index in [-0.39, 0.29) is 11.7 Å². The molecule has 0 spiro atoms. The van der Waals surface area contributed by atoms with E-state index < -0.39 is 9.84 Å². The van der Waals surface area contributed by atoms with E-state index in [4.69, 9.17) is 4.99 Å². The third-order valence-corrected chi connectivity index (χ3v) is 9.48. The molecular weight excluding hydrogens is 494 g/mol. The molecule has 1 unspecified atom stereocenters. The van der Waals surface area contributed by atoms with Crippen LogP contribution in [0.2, 0.25) is 0 Å². The molecule has 2 aromatic rings. The van der Waals surface area contributed by atoms with Crippen molar-refractivity contribution in [3.8, 4) is 0 Å². The molecule has 10 heteroatoms. The Morgan fingerprint density at radius 1 is 1.17 bits per heavy atom. The number of aromatic nitrogens is 1. The van der Waals surface area contributed by atoms with Crippen molar-refractivity contribution in [2.24, 2.45) is 4.99 Å². The number of anilines is 1. The first-order valence-corrected chi connectivity index (χ1v) is 16.1. The molecule has 1 aromatic heterocycles. The van der Waals surface area contributed by atoms with Gasteiger partial charge in [0.2, 0.25) is 5.91 Å². The van der Waals surface area contributed by atoms with E-state index in [1.165, 1.54) is 19.1 Å². The summed E-state index contributed by atoms with van der Waals surface area (Å²) in [6, 6.07) is 6.85. The van der Waals surface area contributed by atoms with Gasteiger partial charge in [-0.3, -0.25) is 14.7 Å². The van der Waals surface area contributed by atoms with Crippen molar-refractivity contribution in [2.45, 2.75) is 56.9 Å². The minimum atomic E-state index is -3.12. The zero-order valence-electron chi connectivity index (χ0n) is 21.3. The lowest BCUT2D eigenvalue weighted by Crippen LogP contribution is -2.48. The number of H-pyrrole nitrogens is 1. The van der Waals surface area contributed by atoms with Crippen LogP contribution in [0, 0.1) is 0 Å². The first kappa shape index (κ1) is 25.6. The molecule has 2 fully saturated rings. The molecule has 8 nitrogen and oxygen atoms in total. The van der Waals surface area contributed by atoms with Crippen molar-refractivity contribution in [3.05, 3.63) is 29.5 Å². The van der Waals surface area contributed by atoms with Crippen LogP contribution in [0.25, 0.3) is 10.9 Å². The topological polar surface area (TPSA) is 97.9 Å². The molecule has 1 aliphatic carbocycles. The number of amides is 1. The number of nitrogens with zero attached hydrogens (tertiary/aromatic N) is 3. The molecule has 5 rings (SSSR count). The number of benzene rings is 1. The van der Waals surface area contributed by atoms with Crippen molar-refractivity contribution in [1.29, 1.82) is 0 Å². The first-order valence-electron chi connectivity index (χ1n) is 13.0. The number of thioether (sulfide) groups is 1. The molecular formula is C26H37N5O3S2. The van der Waals surface area contributed by atoms with Gasteiger partial charge in [-0.05, 0) is 43.0 Å². The molecule has 2 N–H and O–H groups in total. The monoisotopic (exact) mass is 531 g/mol. The van der Waals surface area contributed by atoms with Gasteiger partial charge in [0, 0.05) is 63.1 Å². The Bertz CT molecular complexity index is 1240. The molecule has 3 heterocycles. The number of hydrogen-bond donors (Lipinski definition) is 2. The summed E-state index contributed by atoms with van der Waals surface area (Å²) in [4.78, 5) is 24.5. The maximum absolute atomic E-state index is 12.0. The van der Waals surface area contributed by atoms with E-state index in [1.54, 1.807) is 18.7 Å². The number of aliphatic imine (C=N–C) groups is 1. The van der Waals surface area contributed by atoms with Crippen LogP contribution in [0.15, 0.2) is 23.2 Å². The van der Waals surface area contributed by atoms with Crippen LogP contribution in [0.4, 0.5) is 5.69 Å². The molecule has 1 aromatic carbocycles. The Hall–Kier alpha value is -2.04. The van der Waals surface area contributed by atoms with Gasteiger partial charge >= 0.3 is 0 Å². The molecule has 3 aliphatic rings. The second kappa shape index (κ2) is 10.8. The number of fused-ring (bicyclic) bond motifs is 1. The van der Waals surface area contributed by atoms with Gasteiger partial charge in [0.15, 0.2) is 9.84 Å². The fourth-order valence-electron chi connectivity index (χ4n) is 5.54. The van der Waals surface area contributed by atoms with Crippen LogP contribution < -0.4 is 5.32 Å². The summed E-state index contributed by atoms with van der Waals surface area (Å²) in [6.07, 6.45) is 7.09. The smallest absolute Gasteiger partial charge is 0.219 e. The maximum atomic E-state index is 12.0. The highest BCUT2D eigenvalue weighted by Gasteiger charge is 2.24. The highest BCUT2D eigenvalue weighted by Crippen LogP contribution is 2.33. The van der Waals surface area contributed by atoms with Gasteiger partial charge in [0.25, 0.3) is 0 Å². The Kier molecular flexibility index (Phi) is 7.65. The van der Waals surface area contributed by atoms with E-state index in [2.05, 4.69) is 21.3 Å². The lowest BCUT2D eigenvalue weighted by Gasteiger charge is -2.34. The van der Waals surface area contributed by atoms with Gasteiger partial charge in [0.05, 0.1) is 28.7 Å². The van der Waals surface area contributed by atoms with Crippen LogP contribution in [0.5, 0.6) is 0 Å². The number of sulfone groups is 1. The molecule has 1 amide bonds. The molecule has 2 aliphatic heterocycles. The largest absolute Gasteiger partial charge is 0.381 e. The van der Waals surface area contributed by atoms with Crippen LogP contribution >= 0.6 is 11.8 Å². The van der Waals surface area contributed by atoms with Crippen molar-refractivity contribution in [2.75, 3.05) is 50.0 Å². The quantitative estimate of drug-likeness (QED) is 0.541. The Balaban J connectivity index is 1.29. The Morgan fingerprint density at radius 3 is 2.61 bits per heavy atom. The lowest BCUT2D eigenvalue weighted by molar-refractivity contribution is -0.130. The highest BCUT2D eigenvalue weighted by atomic mass is 32.2. The first-order chi connectivity index (χ1) is 17.2. The number of hydrogen-bond acceptors (Lipinski definition) is 7. The Morgan fingerprint density at radius 2 is 1.92 bits per heavy atom. The third kappa shape index (κ3) is 6.26. The SMILES string of the molecule is CC(=O)N1CCN(CCC2CSC(c3cc4cc(CS(C)(=O)=O)cc(NC5CCCC5)c4[nH]3)=N2)CC1. The van der Waals surface area contributed by atoms with E-state index in [1.807, 2.05) is 17.0 Å². The molecule has 1 atom stereocenters. The van der Waals surface area contributed by atoms with Crippen molar-refractivity contribution in [1.82, 2.24) is 14.8 Å². The normalized spacial score (nSPS) is 21.9. The molecule has 36 heavy (non-hydrogen) atoms. The van der Waals surface area contributed by atoms with Crippen molar-refractivity contribution >= 4 is 49.1 Å². The molecule has 1 saturated heterocycles. The van der Waals surface area contributed by atoms with Crippen LogP contribution in [0.3, 0.4) is 0 Å². The van der Waals surface area contributed by atoms with Gasteiger partial charge in [-0.1, -0.05) is 12.8 Å². The number of aromatic amines is 1. The average molecular weight is 532 g/mol. The summed E-state index contributed by atoms with van der Waals surface area (Å²) in [5.41, 5.74) is 3.86. The summed E-state index contributed by atoms with van der Waals surface area (Å²) in [5.74, 6) is 1.19. The standard InChI is InChI=1S/C26H37N5O3S2/c1-18(32)31-11-9-30(10-12-31)8-7-22-16-35-26(28-22)24-15-20-13-19(17-36(2,33)34)14-23(25(20)29-24)27-21-5-3-4-6-21/h13-15,21-22,27,29H,3-12,16-17H2,1-2H3. The Labute approximate surface area is 218 Å². The van der Waals surface area contributed by atoms with Crippen LogP contribution in [-0.4, -0.2) is 91.0 Å². The number of carbonyl (C=O) groups is 1. The van der Waals surface area contributed by atoms with Gasteiger partial charge in [0.1, 0.15) is 5.04 Å². The lowest BCUT2D eigenvalue weighted by atomic mass is 10.1. The van der Waals surface area contributed by atoms with Crippen molar-refractivity contribution in [3.63, 3.8) is 0 Å². The second-order valence-corrected chi connectivity index (χ2v) is 13.7. The third-order valence-electron chi connectivity index (χ3n) is 7.47. The molecule has 0 bridgehead atoms. The van der Waals surface area contributed by atoms with Crippen LogP contribution in [-0.2, 0) is 20.4 Å². The van der Waals surface area contributed by atoms with Gasteiger partial charge in [-0.15, -0.1) is 11.8 Å². The fraction of sp³-hybridized carbons (Fsp3) is 0.615. The predicted molar refractivity (Wildman–Crippen MR) is 149 cm³/mol. The minimum absolute atomic E-state index is 0.0429. The summed E-state index contributed by atoms with van der Waals surface area (Å²) in [6.45, 7) is 6.15.